The van der Waals surface area contributed by atoms with Gasteiger partial charge in [-0.05, 0) is 38.1 Å². The van der Waals surface area contributed by atoms with E-state index >= 15 is 0 Å². The number of hydrogen-bond donors (Lipinski definition) is 3. The number of fused-ring (bicyclic) bond motifs is 2. The van der Waals surface area contributed by atoms with E-state index in [9.17, 15) is 0 Å². The molecule has 5 aromatic heterocycles. The summed E-state index contributed by atoms with van der Waals surface area (Å²) in [6.07, 6.45) is 8.87. The fourth-order valence-corrected chi connectivity index (χ4v) is 4.05. The summed E-state index contributed by atoms with van der Waals surface area (Å²) in [5.74, 6) is 0.704. The van der Waals surface area contributed by atoms with E-state index in [1.807, 2.05) is 42.9 Å². The second-order valence-corrected chi connectivity index (χ2v) is 8.25. The van der Waals surface area contributed by atoms with Crippen molar-refractivity contribution in [1.82, 2.24) is 30.1 Å². The molecular weight excluding hydrogens is 414 g/mol. The van der Waals surface area contributed by atoms with Gasteiger partial charge >= 0.3 is 0 Å². The molecule has 0 aliphatic rings. The molecule has 0 radical (unpaired) electrons. The Morgan fingerprint density at radius 1 is 1.00 bits per heavy atom. The SMILES string of the molecule is CC(C)Nc1cncc(-c2cnc3n[nH]c(-c4nc5c(-c6ccoc6)cccc5[nH]4)c3c2)c1. The first-order valence-electron chi connectivity index (χ1n) is 10.7. The van der Waals surface area contributed by atoms with Gasteiger partial charge in [-0.3, -0.25) is 10.1 Å². The monoisotopic (exact) mass is 435 g/mol. The molecule has 3 N–H and O–H groups in total. The quantitative estimate of drug-likeness (QED) is 0.323. The normalized spacial score (nSPS) is 11.6. The van der Waals surface area contributed by atoms with E-state index in [2.05, 4.69) is 56.4 Å². The Hall–Kier alpha value is -4.46. The molecule has 0 bridgehead atoms. The second-order valence-electron chi connectivity index (χ2n) is 8.25. The molecule has 0 unspecified atom stereocenters. The highest BCUT2D eigenvalue weighted by atomic mass is 16.3. The Morgan fingerprint density at radius 3 is 2.76 bits per heavy atom. The molecule has 33 heavy (non-hydrogen) atoms. The van der Waals surface area contributed by atoms with Crippen molar-refractivity contribution in [1.29, 1.82) is 0 Å². The van der Waals surface area contributed by atoms with Crippen LogP contribution in [0.3, 0.4) is 0 Å². The summed E-state index contributed by atoms with van der Waals surface area (Å²) in [6.45, 7) is 4.20. The van der Waals surface area contributed by atoms with Gasteiger partial charge in [0.1, 0.15) is 5.69 Å². The van der Waals surface area contributed by atoms with Gasteiger partial charge in [0, 0.05) is 46.9 Å². The lowest BCUT2D eigenvalue weighted by Crippen LogP contribution is -2.09. The number of furan rings is 1. The van der Waals surface area contributed by atoms with Crippen molar-refractivity contribution in [2.75, 3.05) is 5.32 Å². The van der Waals surface area contributed by atoms with Crippen LogP contribution in [-0.4, -0.2) is 36.2 Å². The average Bonchev–Trinajstić information content (AvgIpc) is 3.57. The van der Waals surface area contributed by atoms with Crippen molar-refractivity contribution < 1.29 is 4.42 Å². The predicted molar refractivity (Wildman–Crippen MR) is 129 cm³/mol. The molecule has 8 nitrogen and oxygen atoms in total. The summed E-state index contributed by atoms with van der Waals surface area (Å²) in [7, 11) is 0. The van der Waals surface area contributed by atoms with Gasteiger partial charge in [-0.25, -0.2) is 9.97 Å². The molecule has 0 aliphatic heterocycles. The van der Waals surface area contributed by atoms with E-state index in [1.54, 1.807) is 12.5 Å². The molecule has 162 valence electrons. The summed E-state index contributed by atoms with van der Waals surface area (Å²) in [6, 6.07) is 12.5. The Morgan fingerprint density at radius 2 is 1.91 bits per heavy atom. The van der Waals surface area contributed by atoms with Crippen LogP contribution in [0.5, 0.6) is 0 Å². The number of nitrogens with one attached hydrogen (secondary N) is 3. The fourth-order valence-electron chi connectivity index (χ4n) is 4.05. The van der Waals surface area contributed by atoms with E-state index in [4.69, 9.17) is 9.40 Å². The lowest BCUT2D eigenvalue weighted by molar-refractivity contribution is 0.568. The number of rotatable bonds is 5. The number of hydrogen-bond acceptors (Lipinski definition) is 6. The Labute approximate surface area is 189 Å². The van der Waals surface area contributed by atoms with Gasteiger partial charge in [-0.15, -0.1) is 0 Å². The zero-order valence-electron chi connectivity index (χ0n) is 18.1. The first-order chi connectivity index (χ1) is 16.2. The fraction of sp³-hybridized carbons (Fsp3) is 0.120. The van der Waals surface area contributed by atoms with Gasteiger partial charge in [-0.2, -0.15) is 5.10 Å². The predicted octanol–water partition coefficient (Wildman–Crippen LogP) is 5.64. The van der Waals surface area contributed by atoms with Crippen molar-refractivity contribution >= 4 is 27.8 Å². The van der Waals surface area contributed by atoms with Crippen LogP contribution in [-0.2, 0) is 0 Å². The average molecular weight is 435 g/mol. The van der Waals surface area contributed by atoms with Crippen molar-refractivity contribution in [3.05, 3.63) is 67.5 Å². The maximum atomic E-state index is 5.27. The van der Waals surface area contributed by atoms with Crippen LogP contribution in [0.25, 0.3) is 55.8 Å². The van der Waals surface area contributed by atoms with E-state index in [1.165, 1.54) is 0 Å². The van der Waals surface area contributed by atoms with Crippen LogP contribution in [0.4, 0.5) is 5.69 Å². The molecule has 5 heterocycles. The Balaban J connectivity index is 1.45. The van der Waals surface area contributed by atoms with Crippen LogP contribution >= 0.6 is 0 Å². The summed E-state index contributed by atoms with van der Waals surface area (Å²) >= 11 is 0. The lowest BCUT2D eigenvalue weighted by atomic mass is 10.1. The van der Waals surface area contributed by atoms with Gasteiger partial charge in [0.25, 0.3) is 0 Å². The zero-order chi connectivity index (χ0) is 22.4. The van der Waals surface area contributed by atoms with Crippen LogP contribution in [0.15, 0.2) is 71.9 Å². The minimum atomic E-state index is 0.322. The van der Waals surface area contributed by atoms with Gasteiger partial charge in [0.15, 0.2) is 11.5 Å². The zero-order valence-corrected chi connectivity index (χ0v) is 18.1. The molecule has 0 saturated heterocycles. The number of benzene rings is 1. The van der Waals surface area contributed by atoms with Crippen LogP contribution in [0.2, 0.25) is 0 Å². The summed E-state index contributed by atoms with van der Waals surface area (Å²) in [5, 5.41) is 11.8. The highest BCUT2D eigenvalue weighted by molar-refractivity contribution is 5.97. The molecule has 6 aromatic rings. The third-order valence-corrected chi connectivity index (χ3v) is 5.52. The molecule has 8 heteroatoms. The maximum absolute atomic E-state index is 5.27. The Kier molecular flexibility index (Phi) is 4.43. The number of aromatic amines is 2. The van der Waals surface area contributed by atoms with E-state index in [-0.39, 0.29) is 0 Å². The van der Waals surface area contributed by atoms with Crippen molar-refractivity contribution in [3.8, 4) is 33.8 Å². The van der Waals surface area contributed by atoms with E-state index < -0.39 is 0 Å². The molecule has 0 saturated carbocycles. The van der Waals surface area contributed by atoms with Gasteiger partial charge in [0.05, 0.1) is 34.6 Å². The summed E-state index contributed by atoms with van der Waals surface area (Å²) in [5.41, 5.74) is 8.14. The summed E-state index contributed by atoms with van der Waals surface area (Å²) in [4.78, 5) is 17.3. The molecule has 1 aromatic carbocycles. The van der Waals surface area contributed by atoms with Gasteiger partial charge in [0.2, 0.25) is 0 Å². The molecule has 0 amide bonds. The first-order valence-corrected chi connectivity index (χ1v) is 10.7. The van der Waals surface area contributed by atoms with Crippen molar-refractivity contribution in [2.45, 2.75) is 19.9 Å². The highest BCUT2D eigenvalue weighted by Crippen LogP contribution is 2.32. The minimum absolute atomic E-state index is 0.322. The van der Waals surface area contributed by atoms with Crippen LogP contribution in [0.1, 0.15) is 13.8 Å². The van der Waals surface area contributed by atoms with E-state index in [0.717, 1.165) is 50.1 Å². The second kappa shape index (κ2) is 7.59. The minimum Gasteiger partial charge on any atom is -0.472 e. The number of H-pyrrole nitrogens is 2. The third-order valence-electron chi connectivity index (χ3n) is 5.52. The van der Waals surface area contributed by atoms with Gasteiger partial charge in [-0.1, -0.05) is 12.1 Å². The molecule has 0 spiro atoms. The number of para-hydroxylation sites is 1. The number of nitrogens with zero attached hydrogens (tertiary/aromatic N) is 4. The lowest BCUT2D eigenvalue weighted by Gasteiger charge is -2.10. The van der Waals surface area contributed by atoms with Crippen LogP contribution in [0, 0.1) is 0 Å². The Bertz CT molecular complexity index is 1580. The standard InChI is InChI=1S/C25H21N7O/c1-14(2)28-18-8-16(10-26-12-18)17-9-20-23(31-32-24(20)27-11-17)25-29-21-5-3-4-19(22(21)30-25)15-6-7-33-13-15/h3-14,28H,1-2H3,(H,29,30)(H,27,31,32). The molecule has 0 aliphatic carbocycles. The maximum Gasteiger partial charge on any atom is 0.181 e. The largest absolute Gasteiger partial charge is 0.472 e. The summed E-state index contributed by atoms with van der Waals surface area (Å²) < 4.78 is 5.27. The third kappa shape index (κ3) is 3.41. The van der Waals surface area contributed by atoms with Crippen molar-refractivity contribution in [2.24, 2.45) is 0 Å². The molecular formula is C25H21N7O. The van der Waals surface area contributed by atoms with Gasteiger partial charge < -0.3 is 14.7 Å². The number of imidazole rings is 1. The molecule has 0 atom stereocenters. The number of aromatic nitrogens is 6. The van der Waals surface area contributed by atoms with Crippen molar-refractivity contribution in [3.63, 3.8) is 0 Å². The highest BCUT2D eigenvalue weighted by Gasteiger charge is 2.16. The van der Waals surface area contributed by atoms with E-state index in [0.29, 0.717) is 17.5 Å². The molecule has 0 fully saturated rings. The number of pyridine rings is 2. The van der Waals surface area contributed by atoms with Crippen LogP contribution < -0.4 is 5.32 Å². The first kappa shape index (κ1) is 19.2. The smallest absolute Gasteiger partial charge is 0.181 e. The number of anilines is 1. The topological polar surface area (TPSA) is 108 Å². The molecule has 6 rings (SSSR count).